The van der Waals surface area contributed by atoms with Gasteiger partial charge in [-0.25, -0.2) is 9.97 Å². The van der Waals surface area contributed by atoms with Crippen molar-refractivity contribution in [2.75, 3.05) is 0 Å². The Morgan fingerprint density at radius 3 is 0.980 bits per heavy atom. The molecule has 0 saturated carbocycles. The van der Waals surface area contributed by atoms with Gasteiger partial charge in [-0.2, -0.15) is 4.98 Å². The second kappa shape index (κ2) is 11.8. The lowest BCUT2D eigenvalue weighted by atomic mass is 10.2. The lowest BCUT2D eigenvalue weighted by Crippen LogP contribution is -2.76. The Labute approximate surface area is 316 Å². The minimum absolute atomic E-state index is 0.141. The molecular formula is C45H31N5Si. The van der Waals surface area contributed by atoms with Crippen LogP contribution in [0.3, 0.4) is 0 Å². The van der Waals surface area contributed by atoms with E-state index in [9.17, 15) is 8.22 Å². The third-order valence-corrected chi connectivity index (χ3v) is 13.0. The summed E-state index contributed by atoms with van der Waals surface area (Å²) >= 11 is 0. The number of hydrogen-bond acceptors (Lipinski definition) is 3. The summed E-state index contributed by atoms with van der Waals surface area (Å²) in [4.78, 5) is 15.4. The number of nitrogens with zero attached hydrogens (tertiary/aromatic N) is 5. The van der Waals surface area contributed by atoms with Gasteiger partial charge < -0.3 is 0 Å². The zero-order valence-corrected chi connectivity index (χ0v) is 27.5. The number of rotatable bonds is 6. The molecule has 0 atom stereocenters. The molecule has 7 aromatic carbocycles. The molecule has 240 valence electrons. The molecule has 3 aromatic heterocycles. The van der Waals surface area contributed by atoms with Crippen LogP contribution >= 0.6 is 0 Å². The van der Waals surface area contributed by atoms with Crippen LogP contribution in [0.2, 0.25) is 0 Å². The van der Waals surface area contributed by atoms with Crippen molar-refractivity contribution in [3.63, 3.8) is 0 Å². The van der Waals surface area contributed by atoms with E-state index in [1.807, 2.05) is 72.8 Å². The number of benzene rings is 7. The second-order valence-electron chi connectivity index (χ2n) is 11.7. The molecule has 10 aromatic rings. The van der Waals surface area contributed by atoms with Gasteiger partial charge in [0.15, 0.2) is 0 Å². The van der Waals surface area contributed by atoms with E-state index in [-0.39, 0.29) is 11.9 Å². The van der Waals surface area contributed by atoms with Crippen LogP contribution in [0.5, 0.6) is 0 Å². The topological polar surface area (TPSA) is 48.5 Å². The molecule has 6 heteroatoms. The van der Waals surface area contributed by atoms with E-state index in [4.69, 9.17) is 27.3 Å². The lowest BCUT2D eigenvalue weighted by Gasteiger charge is -2.32. The first kappa shape index (κ1) is 17.9. The Bertz CT molecular complexity index is 3270. The Morgan fingerprint density at radius 2 is 0.667 bits per heavy atom. The maximum Gasteiger partial charge on any atom is 0.239 e. The quantitative estimate of drug-likeness (QED) is 0.135. The van der Waals surface area contributed by atoms with Crippen molar-refractivity contribution < 1.29 is 20.6 Å². The molecule has 5 nitrogen and oxygen atoms in total. The highest BCUT2D eigenvalue weighted by atomic mass is 28.3. The first-order chi connectivity index (χ1) is 31.5. The summed E-state index contributed by atoms with van der Waals surface area (Å²) in [6, 6.07) is 16.0. The molecule has 0 radical (unpaired) electrons. The molecule has 0 fully saturated rings. The summed E-state index contributed by atoms with van der Waals surface area (Å²) in [5, 5.41) is 0.977. The van der Waals surface area contributed by atoms with E-state index in [0.717, 1.165) is 21.5 Å². The van der Waals surface area contributed by atoms with Crippen molar-refractivity contribution in [3.05, 3.63) is 188 Å². The van der Waals surface area contributed by atoms with Crippen LogP contribution < -0.4 is 21.0 Å². The molecule has 0 spiro atoms. The highest BCUT2D eigenvalue weighted by Crippen LogP contribution is 2.33. The predicted octanol–water partition coefficient (Wildman–Crippen LogP) is 7.44. The van der Waals surface area contributed by atoms with E-state index in [2.05, 4.69) is 0 Å². The zero-order valence-electron chi connectivity index (χ0n) is 41.5. The van der Waals surface area contributed by atoms with E-state index in [1.165, 1.54) is 0 Å². The van der Waals surface area contributed by atoms with Gasteiger partial charge >= 0.3 is 0 Å². The van der Waals surface area contributed by atoms with Gasteiger partial charge in [0.1, 0.15) is 5.45 Å². The fourth-order valence-corrected chi connectivity index (χ4v) is 10.5. The Balaban J connectivity index is 1.56. The van der Waals surface area contributed by atoms with Crippen LogP contribution in [0.4, 0.5) is 0 Å². The summed E-state index contributed by atoms with van der Waals surface area (Å²) in [6.07, 6.45) is 0. The smallest absolute Gasteiger partial charge is 0.239 e. The Morgan fingerprint density at radius 1 is 0.373 bits per heavy atom. The number of fused-ring (bicyclic) bond motifs is 6. The summed E-state index contributed by atoms with van der Waals surface area (Å²) in [5.41, 5.74) is 1.80. The Hall–Kier alpha value is -6.63. The standard InChI is InChI=1S/C45H31N5Si/c1-4-18-32(19-5-1)51(33-20-6-2-7-21-33,34-22-8-3-9-23-34)45-47-43(49-39-28-14-10-24-35(39)36-25-11-15-29-40(36)49)46-44(48-45)50-41-30-16-12-26-37(41)38-27-13-17-31-42(38)50/h1-31H/i1D,2D,3D,4D,5D,6D,7D,8D,9D,18D,19D,20D,21D,22D,23D. The summed E-state index contributed by atoms with van der Waals surface area (Å²) in [5.74, 6) is -0.281. The number of hydrogen-bond donors (Lipinski definition) is 0. The van der Waals surface area contributed by atoms with Gasteiger partial charge in [0.2, 0.25) is 20.0 Å². The predicted molar refractivity (Wildman–Crippen MR) is 212 cm³/mol. The first-order valence-electron chi connectivity index (χ1n) is 23.5. The molecule has 0 aliphatic rings. The van der Waals surface area contributed by atoms with Crippen LogP contribution in [0.25, 0.3) is 55.5 Å². The summed E-state index contributed by atoms with van der Waals surface area (Å²) in [6.45, 7) is 0. The molecule has 0 amide bonds. The van der Waals surface area contributed by atoms with Gasteiger partial charge in [-0.1, -0.05) is 163 Å². The number of aromatic nitrogens is 5. The van der Waals surface area contributed by atoms with Crippen LogP contribution in [0.15, 0.2) is 188 Å². The third-order valence-electron chi connectivity index (χ3n) is 9.13. The SMILES string of the molecule is [2H]c1c([2H])c([2H])c([Si](c2nc(-n3c4ccccc4c4ccccc43)nc(-n3c4ccccc4c4ccccc43)n2)(c2c([2H])c([2H])c([2H])c([2H])c2[2H])c2c([2H])c([2H])c([2H])c([2H])c2[2H])c([2H])c1[2H]. The molecule has 3 heterocycles. The first-order valence-corrected chi connectivity index (χ1v) is 18.0. The van der Waals surface area contributed by atoms with Crippen LogP contribution in [0.1, 0.15) is 20.6 Å². The monoisotopic (exact) mass is 684 g/mol. The number of para-hydroxylation sites is 4. The van der Waals surface area contributed by atoms with Crippen molar-refractivity contribution >= 4 is 72.7 Å². The van der Waals surface area contributed by atoms with E-state index in [0.29, 0.717) is 22.1 Å². The van der Waals surface area contributed by atoms with Gasteiger partial charge in [0, 0.05) is 21.5 Å². The maximum atomic E-state index is 9.61. The maximum absolute atomic E-state index is 9.61. The zero-order chi connectivity index (χ0) is 46.8. The highest BCUT2D eigenvalue weighted by molar-refractivity contribution is 7.19. The lowest BCUT2D eigenvalue weighted by molar-refractivity contribution is 0.904. The van der Waals surface area contributed by atoms with Gasteiger partial charge in [0.25, 0.3) is 0 Å². The Kier molecular flexibility index (Phi) is 4.12. The fraction of sp³-hybridized carbons (Fsp3) is 0. The van der Waals surface area contributed by atoms with E-state index >= 15 is 0 Å². The van der Waals surface area contributed by atoms with Gasteiger partial charge in [-0.05, 0) is 39.8 Å². The van der Waals surface area contributed by atoms with Crippen molar-refractivity contribution in [1.82, 2.24) is 24.1 Å². The molecule has 0 aliphatic carbocycles. The minimum atomic E-state index is -5.77. The van der Waals surface area contributed by atoms with Crippen molar-refractivity contribution in [2.24, 2.45) is 0 Å². The summed E-state index contributed by atoms with van der Waals surface area (Å²) in [7, 11) is -5.77. The average molecular weight is 685 g/mol. The largest absolute Gasteiger partial charge is 0.278 e. The fourth-order valence-electron chi connectivity index (χ4n) is 7.02. The van der Waals surface area contributed by atoms with Crippen molar-refractivity contribution in [1.29, 1.82) is 0 Å². The van der Waals surface area contributed by atoms with Crippen molar-refractivity contribution in [2.45, 2.75) is 0 Å². The minimum Gasteiger partial charge on any atom is -0.278 e. The van der Waals surface area contributed by atoms with Crippen LogP contribution in [-0.4, -0.2) is 32.2 Å². The molecule has 0 aliphatic heterocycles. The van der Waals surface area contributed by atoms with Crippen LogP contribution in [-0.2, 0) is 0 Å². The molecule has 0 saturated heterocycles. The van der Waals surface area contributed by atoms with Crippen LogP contribution in [0, 0.1) is 0 Å². The molecular weight excluding hydrogens is 639 g/mol. The van der Waals surface area contributed by atoms with Gasteiger partial charge in [0.05, 0.1) is 42.6 Å². The van der Waals surface area contributed by atoms with Crippen molar-refractivity contribution in [3.8, 4) is 11.9 Å². The summed E-state index contributed by atoms with van der Waals surface area (Å²) < 4.78 is 141. The normalized spacial score (nSPS) is 16.0. The molecule has 0 unspecified atom stereocenters. The van der Waals surface area contributed by atoms with Gasteiger partial charge in [-0.15, -0.1) is 0 Å². The van der Waals surface area contributed by atoms with E-state index < -0.39 is 120 Å². The molecule has 0 bridgehead atoms. The third kappa shape index (κ3) is 4.43. The molecule has 51 heavy (non-hydrogen) atoms. The van der Waals surface area contributed by atoms with E-state index in [1.54, 1.807) is 33.4 Å². The molecule has 10 rings (SSSR count). The average Bonchev–Trinajstić information content (AvgIpc) is 3.85. The molecule has 0 N–H and O–H groups in total. The highest BCUT2D eigenvalue weighted by Gasteiger charge is 2.45. The van der Waals surface area contributed by atoms with Gasteiger partial charge in [-0.3, -0.25) is 9.13 Å². The second-order valence-corrected chi connectivity index (χ2v) is 15.2.